The van der Waals surface area contributed by atoms with E-state index >= 15 is 0 Å². The van der Waals surface area contributed by atoms with Gasteiger partial charge in [-0.1, -0.05) is 37.6 Å². The fourth-order valence-electron chi connectivity index (χ4n) is 2.65. The molecule has 2 rings (SSSR count). The number of carbonyl (C=O) groups excluding carboxylic acids is 3. The highest BCUT2D eigenvalue weighted by molar-refractivity contribution is 6.33. The molecular formula is C22H26ClN3O4. The number of hydrogen-bond acceptors (Lipinski definition) is 4. The number of ether oxygens (including phenoxy) is 1. The SMILES string of the molecule is CCNC(=O)COc1ccc(NC(=O)C(NC(=O)c2ccccc2Cl)C(C)C)cc1. The van der Waals surface area contributed by atoms with Gasteiger partial charge in [0.25, 0.3) is 11.8 Å². The van der Waals surface area contributed by atoms with Crippen molar-refractivity contribution < 1.29 is 19.1 Å². The van der Waals surface area contributed by atoms with Gasteiger partial charge in [-0.3, -0.25) is 14.4 Å². The molecule has 0 saturated heterocycles. The number of amides is 3. The van der Waals surface area contributed by atoms with Gasteiger partial charge in [-0.25, -0.2) is 0 Å². The summed E-state index contributed by atoms with van der Waals surface area (Å²) in [5.41, 5.74) is 0.856. The van der Waals surface area contributed by atoms with Crippen LogP contribution in [0.4, 0.5) is 5.69 Å². The highest BCUT2D eigenvalue weighted by Gasteiger charge is 2.25. The van der Waals surface area contributed by atoms with E-state index in [4.69, 9.17) is 16.3 Å². The Morgan fingerprint density at radius 1 is 1.03 bits per heavy atom. The topological polar surface area (TPSA) is 96.5 Å². The first-order chi connectivity index (χ1) is 14.3. The van der Waals surface area contributed by atoms with Crippen molar-refractivity contribution in [3.63, 3.8) is 0 Å². The molecular weight excluding hydrogens is 406 g/mol. The maximum absolute atomic E-state index is 12.7. The Bertz CT molecular complexity index is 884. The van der Waals surface area contributed by atoms with Crippen LogP contribution in [0.5, 0.6) is 5.75 Å². The zero-order valence-electron chi connectivity index (χ0n) is 17.2. The number of likely N-dealkylation sites (N-methyl/N-ethyl adjacent to an activating group) is 1. The Labute approximate surface area is 181 Å². The first kappa shape index (κ1) is 23.2. The van der Waals surface area contributed by atoms with E-state index in [0.29, 0.717) is 28.6 Å². The predicted molar refractivity (Wildman–Crippen MR) is 117 cm³/mol. The first-order valence-electron chi connectivity index (χ1n) is 9.67. The molecule has 0 aliphatic carbocycles. The molecule has 1 unspecified atom stereocenters. The lowest BCUT2D eigenvalue weighted by Crippen LogP contribution is -2.47. The molecule has 0 bridgehead atoms. The lowest BCUT2D eigenvalue weighted by molar-refractivity contribution is -0.123. The van der Waals surface area contributed by atoms with Crippen molar-refractivity contribution in [2.75, 3.05) is 18.5 Å². The summed E-state index contributed by atoms with van der Waals surface area (Å²) in [6.07, 6.45) is 0. The molecule has 0 aliphatic heterocycles. The number of rotatable bonds is 9. The van der Waals surface area contributed by atoms with Crippen LogP contribution in [0.2, 0.25) is 5.02 Å². The zero-order valence-corrected chi connectivity index (χ0v) is 18.0. The van der Waals surface area contributed by atoms with Crippen LogP contribution in [0.1, 0.15) is 31.1 Å². The molecule has 30 heavy (non-hydrogen) atoms. The van der Waals surface area contributed by atoms with Gasteiger partial charge < -0.3 is 20.7 Å². The molecule has 7 nitrogen and oxygen atoms in total. The third kappa shape index (κ3) is 6.77. The van der Waals surface area contributed by atoms with E-state index in [2.05, 4.69) is 16.0 Å². The van der Waals surface area contributed by atoms with Gasteiger partial charge in [0.1, 0.15) is 11.8 Å². The summed E-state index contributed by atoms with van der Waals surface area (Å²) in [4.78, 5) is 36.7. The number of nitrogens with one attached hydrogen (secondary N) is 3. The van der Waals surface area contributed by atoms with Crippen molar-refractivity contribution in [2.24, 2.45) is 5.92 Å². The zero-order chi connectivity index (χ0) is 22.1. The molecule has 0 radical (unpaired) electrons. The van der Waals surface area contributed by atoms with Gasteiger partial charge in [-0.2, -0.15) is 0 Å². The summed E-state index contributed by atoms with van der Waals surface area (Å²) in [5, 5.41) is 8.49. The number of anilines is 1. The van der Waals surface area contributed by atoms with Crippen molar-refractivity contribution >= 4 is 35.0 Å². The normalized spacial score (nSPS) is 11.5. The smallest absolute Gasteiger partial charge is 0.257 e. The van der Waals surface area contributed by atoms with Crippen LogP contribution in [0, 0.1) is 5.92 Å². The Balaban J connectivity index is 1.98. The molecule has 160 valence electrons. The Hall–Kier alpha value is -3.06. The third-order valence-corrected chi connectivity index (χ3v) is 4.55. The average Bonchev–Trinajstić information content (AvgIpc) is 2.71. The maximum atomic E-state index is 12.7. The van der Waals surface area contributed by atoms with Crippen LogP contribution in [-0.2, 0) is 9.59 Å². The van der Waals surface area contributed by atoms with Gasteiger partial charge in [-0.15, -0.1) is 0 Å². The lowest BCUT2D eigenvalue weighted by Gasteiger charge is -2.22. The molecule has 0 aromatic heterocycles. The molecule has 0 fully saturated rings. The average molecular weight is 432 g/mol. The van der Waals surface area contributed by atoms with Crippen molar-refractivity contribution in [2.45, 2.75) is 26.8 Å². The Morgan fingerprint density at radius 2 is 1.70 bits per heavy atom. The molecule has 3 N–H and O–H groups in total. The fraction of sp³-hybridized carbons (Fsp3) is 0.318. The van der Waals surface area contributed by atoms with Gasteiger partial charge in [0.2, 0.25) is 5.91 Å². The summed E-state index contributed by atoms with van der Waals surface area (Å²) in [5.74, 6) is -0.600. The summed E-state index contributed by atoms with van der Waals surface area (Å²) < 4.78 is 5.38. The van der Waals surface area contributed by atoms with Crippen LogP contribution in [-0.4, -0.2) is 36.9 Å². The molecule has 2 aromatic rings. The largest absolute Gasteiger partial charge is 0.484 e. The van der Waals surface area contributed by atoms with Crippen LogP contribution >= 0.6 is 11.6 Å². The number of halogens is 1. The first-order valence-corrected chi connectivity index (χ1v) is 10.1. The maximum Gasteiger partial charge on any atom is 0.257 e. The highest BCUT2D eigenvalue weighted by atomic mass is 35.5. The van der Waals surface area contributed by atoms with Crippen LogP contribution < -0.4 is 20.7 Å². The molecule has 0 aliphatic rings. The summed E-state index contributed by atoms with van der Waals surface area (Å²) in [7, 11) is 0. The van der Waals surface area contributed by atoms with Crippen molar-refractivity contribution in [1.82, 2.24) is 10.6 Å². The van der Waals surface area contributed by atoms with E-state index < -0.39 is 11.9 Å². The monoisotopic (exact) mass is 431 g/mol. The van der Waals surface area contributed by atoms with E-state index in [1.54, 1.807) is 48.5 Å². The van der Waals surface area contributed by atoms with E-state index in [-0.39, 0.29) is 24.3 Å². The second-order valence-electron chi connectivity index (χ2n) is 6.93. The molecule has 0 spiro atoms. The van der Waals surface area contributed by atoms with Crippen molar-refractivity contribution in [1.29, 1.82) is 0 Å². The van der Waals surface area contributed by atoms with Gasteiger partial charge >= 0.3 is 0 Å². The number of hydrogen-bond donors (Lipinski definition) is 3. The Kier molecular flexibility index (Phi) is 8.68. The second-order valence-corrected chi connectivity index (χ2v) is 7.34. The van der Waals surface area contributed by atoms with Gasteiger partial charge in [0.15, 0.2) is 6.61 Å². The predicted octanol–water partition coefficient (Wildman–Crippen LogP) is 3.25. The van der Waals surface area contributed by atoms with Crippen LogP contribution in [0.25, 0.3) is 0 Å². The van der Waals surface area contributed by atoms with Crippen molar-refractivity contribution in [3.05, 3.63) is 59.1 Å². The van der Waals surface area contributed by atoms with E-state index in [1.165, 1.54) is 0 Å². The Morgan fingerprint density at radius 3 is 2.30 bits per heavy atom. The third-order valence-electron chi connectivity index (χ3n) is 4.22. The minimum absolute atomic E-state index is 0.0803. The minimum atomic E-state index is -0.748. The molecule has 0 saturated carbocycles. The van der Waals surface area contributed by atoms with E-state index in [1.807, 2.05) is 20.8 Å². The fourth-order valence-corrected chi connectivity index (χ4v) is 2.87. The summed E-state index contributed by atoms with van der Waals surface area (Å²) >= 11 is 6.07. The van der Waals surface area contributed by atoms with Gasteiger partial charge in [0, 0.05) is 12.2 Å². The standard InChI is InChI=1S/C22H26ClN3O4/c1-4-24-19(27)13-30-16-11-9-15(10-12-16)25-22(29)20(14(2)3)26-21(28)17-7-5-6-8-18(17)23/h5-12,14,20H,4,13H2,1-3H3,(H,24,27)(H,25,29)(H,26,28). The van der Waals surface area contributed by atoms with Crippen LogP contribution in [0.15, 0.2) is 48.5 Å². The summed E-state index contributed by atoms with van der Waals surface area (Å²) in [6.45, 7) is 5.97. The lowest BCUT2D eigenvalue weighted by atomic mass is 10.0. The number of carbonyl (C=O) groups is 3. The minimum Gasteiger partial charge on any atom is -0.484 e. The second kappa shape index (κ2) is 11.2. The molecule has 8 heteroatoms. The number of benzene rings is 2. The van der Waals surface area contributed by atoms with Gasteiger partial charge in [-0.05, 0) is 49.2 Å². The summed E-state index contributed by atoms with van der Waals surface area (Å²) in [6, 6.07) is 12.6. The van der Waals surface area contributed by atoms with E-state index in [0.717, 1.165) is 0 Å². The highest BCUT2D eigenvalue weighted by Crippen LogP contribution is 2.18. The van der Waals surface area contributed by atoms with Crippen LogP contribution in [0.3, 0.4) is 0 Å². The molecule has 2 aromatic carbocycles. The van der Waals surface area contributed by atoms with Crippen molar-refractivity contribution in [3.8, 4) is 5.75 Å². The quantitative estimate of drug-likeness (QED) is 0.567. The molecule has 3 amide bonds. The molecule has 1 atom stereocenters. The molecule has 0 heterocycles. The van der Waals surface area contributed by atoms with Gasteiger partial charge in [0.05, 0.1) is 10.6 Å². The van der Waals surface area contributed by atoms with E-state index in [9.17, 15) is 14.4 Å².